The number of likely N-dealkylation sites (tertiary alicyclic amines) is 1. The number of halogens is 2. The molecule has 0 unspecified atom stereocenters. The van der Waals surface area contributed by atoms with Crippen molar-refractivity contribution in [1.29, 1.82) is 0 Å². The lowest BCUT2D eigenvalue weighted by atomic mass is 10.1. The SMILES string of the molecule is C=CCCC(=O)N1CCC(F)(F)CC1. The highest BCUT2D eigenvalue weighted by Crippen LogP contribution is 2.27. The molecule has 0 radical (unpaired) electrons. The van der Waals surface area contributed by atoms with Crippen LogP contribution in [0.5, 0.6) is 0 Å². The molecule has 1 fully saturated rings. The van der Waals surface area contributed by atoms with Crippen molar-refractivity contribution < 1.29 is 13.6 Å². The Balaban J connectivity index is 2.34. The summed E-state index contributed by atoms with van der Waals surface area (Å²) in [5.74, 6) is -2.62. The van der Waals surface area contributed by atoms with Crippen molar-refractivity contribution in [3.05, 3.63) is 12.7 Å². The van der Waals surface area contributed by atoms with E-state index in [4.69, 9.17) is 0 Å². The van der Waals surface area contributed by atoms with Gasteiger partial charge in [-0.1, -0.05) is 6.08 Å². The number of carbonyl (C=O) groups is 1. The summed E-state index contributed by atoms with van der Waals surface area (Å²) in [4.78, 5) is 12.9. The van der Waals surface area contributed by atoms with Crippen LogP contribution < -0.4 is 0 Å². The Labute approximate surface area is 82.6 Å². The average Bonchev–Trinajstić information content (AvgIpc) is 2.14. The highest BCUT2D eigenvalue weighted by molar-refractivity contribution is 5.76. The van der Waals surface area contributed by atoms with E-state index in [0.29, 0.717) is 12.8 Å². The quantitative estimate of drug-likeness (QED) is 0.644. The lowest BCUT2D eigenvalue weighted by Crippen LogP contribution is -2.42. The molecule has 1 saturated heterocycles. The lowest BCUT2D eigenvalue weighted by Gasteiger charge is -2.31. The predicted octanol–water partition coefficient (Wildman–Crippen LogP) is 2.21. The van der Waals surface area contributed by atoms with E-state index in [1.807, 2.05) is 0 Å². The van der Waals surface area contributed by atoms with Crippen LogP contribution >= 0.6 is 0 Å². The molecule has 0 aromatic heterocycles. The van der Waals surface area contributed by atoms with Crippen molar-refractivity contribution in [3.8, 4) is 0 Å². The third-order valence-corrected chi connectivity index (χ3v) is 2.41. The molecule has 14 heavy (non-hydrogen) atoms. The van der Waals surface area contributed by atoms with Gasteiger partial charge in [0.1, 0.15) is 0 Å². The Kier molecular flexibility index (Phi) is 3.61. The van der Waals surface area contributed by atoms with Crippen LogP contribution in [0, 0.1) is 0 Å². The van der Waals surface area contributed by atoms with Gasteiger partial charge in [-0.3, -0.25) is 4.79 Å². The van der Waals surface area contributed by atoms with Gasteiger partial charge >= 0.3 is 0 Å². The van der Waals surface area contributed by atoms with Crippen molar-refractivity contribution in [2.24, 2.45) is 0 Å². The van der Waals surface area contributed by atoms with E-state index in [2.05, 4.69) is 6.58 Å². The number of piperidine rings is 1. The van der Waals surface area contributed by atoms with Gasteiger partial charge in [0.25, 0.3) is 5.92 Å². The maximum absolute atomic E-state index is 12.7. The Morgan fingerprint density at radius 3 is 2.50 bits per heavy atom. The first-order valence-electron chi connectivity index (χ1n) is 4.82. The summed E-state index contributed by atoms with van der Waals surface area (Å²) in [5, 5.41) is 0. The smallest absolute Gasteiger partial charge is 0.251 e. The average molecular weight is 203 g/mol. The summed E-state index contributed by atoms with van der Waals surface area (Å²) < 4.78 is 25.5. The fraction of sp³-hybridized carbons (Fsp3) is 0.700. The van der Waals surface area contributed by atoms with Crippen molar-refractivity contribution in [3.63, 3.8) is 0 Å². The number of rotatable bonds is 3. The Morgan fingerprint density at radius 1 is 1.43 bits per heavy atom. The van der Waals surface area contributed by atoms with Crippen LogP contribution in [0.1, 0.15) is 25.7 Å². The molecule has 2 nitrogen and oxygen atoms in total. The molecule has 0 aromatic rings. The van der Waals surface area contributed by atoms with Gasteiger partial charge in [0.15, 0.2) is 0 Å². The molecule has 0 aliphatic carbocycles. The number of amides is 1. The summed E-state index contributed by atoms with van der Waals surface area (Å²) in [7, 11) is 0. The molecular formula is C10H15F2NO. The second kappa shape index (κ2) is 4.53. The summed E-state index contributed by atoms with van der Waals surface area (Å²) in [5.41, 5.74) is 0. The van der Waals surface area contributed by atoms with E-state index in [1.165, 1.54) is 4.90 Å². The van der Waals surface area contributed by atoms with Crippen molar-refractivity contribution in [1.82, 2.24) is 4.90 Å². The van der Waals surface area contributed by atoms with Crippen LogP contribution in [0.3, 0.4) is 0 Å². The maximum atomic E-state index is 12.7. The van der Waals surface area contributed by atoms with Gasteiger partial charge in [-0.05, 0) is 6.42 Å². The molecule has 1 aliphatic heterocycles. The van der Waals surface area contributed by atoms with Crippen LogP contribution in [-0.2, 0) is 4.79 Å². The molecule has 0 atom stereocenters. The van der Waals surface area contributed by atoms with E-state index in [-0.39, 0.29) is 31.8 Å². The zero-order chi connectivity index (χ0) is 10.6. The van der Waals surface area contributed by atoms with Gasteiger partial charge in [0.2, 0.25) is 5.91 Å². The first-order valence-corrected chi connectivity index (χ1v) is 4.82. The van der Waals surface area contributed by atoms with Gasteiger partial charge < -0.3 is 4.90 Å². The highest BCUT2D eigenvalue weighted by Gasteiger charge is 2.35. The molecule has 0 bridgehead atoms. The topological polar surface area (TPSA) is 20.3 Å². The fourth-order valence-electron chi connectivity index (χ4n) is 1.47. The summed E-state index contributed by atoms with van der Waals surface area (Å²) >= 11 is 0. The molecule has 1 rings (SSSR count). The van der Waals surface area contributed by atoms with Gasteiger partial charge in [0.05, 0.1) is 0 Å². The van der Waals surface area contributed by atoms with E-state index in [1.54, 1.807) is 6.08 Å². The lowest BCUT2D eigenvalue weighted by molar-refractivity contribution is -0.137. The van der Waals surface area contributed by atoms with Crippen LogP contribution in [0.4, 0.5) is 8.78 Å². The summed E-state index contributed by atoms with van der Waals surface area (Å²) in [6, 6.07) is 0. The van der Waals surface area contributed by atoms with E-state index < -0.39 is 5.92 Å². The van der Waals surface area contributed by atoms with E-state index in [0.717, 1.165) is 0 Å². The minimum absolute atomic E-state index is 0.0413. The van der Waals surface area contributed by atoms with E-state index >= 15 is 0 Å². The van der Waals surface area contributed by atoms with Gasteiger partial charge in [-0.2, -0.15) is 0 Å². The number of nitrogens with zero attached hydrogens (tertiary/aromatic N) is 1. The van der Waals surface area contributed by atoms with Crippen LogP contribution in [0.25, 0.3) is 0 Å². The summed E-state index contributed by atoms with van der Waals surface area (Å²) in [6.07, 6.45) is 2.26. The fourth-order valence-corrected chi connectivity index (χ4v) is 1.47. The third kappa shape index (κ3) is 3.09. The highest BCUT2D eigenvalue weighted by atomic mass is 19.3. The largest absolute Gasteiger partial charge is 0.342 e. The third-order valence-electron chi connectivity index (χ3n) is 2.41. The van der Waals surface area contributed by atoms with E-state index in [9.17, 15) is 13.6 Å². The Hall–Kier alpha value is -0.930. The normalized spacial score (nSPS) is 20.6. The van der Waals surface area contributed by atoms with Crippen molar-refractivity contribution in [2.75, 3.05) is 13.1 Å². The van der Waals surface area contributed by atoms with Gasteiger partial charge in [-0.25, -0.2) is 8.78 Å². The Morgan fingerprint density at radius 2 is 2.00 bits per heavy atom. The molecular weight excluding hydrogens is 188 g/mol. The second-order valence-corrected chi connectivity index (χ2v) is 3.56. The summed E-state index contributed by atoms with van der Waals surface area (Å²) in [6.45, 7) is 3.88. The van der Waals surface area contributed by atoms with Crippen molar-refractivity contribution in [2.45, 2.75) is 31.6 Å². The first-order chi connectivity index (χ1) is 6.55. The monoisotopic (exact) mass is 203 g/mol. The molecule has 0 aromatic carbocycles. The second-order valence-electron chi connectivity index (χ2n) is 3.56. The first kappa shape index (κ1) is 11.1. The number of hydrogen-bond acceptors (Lipinski definition) is 1. The zero-order valence-corrected chi connectivity index (χ0v) is 8.14. The number of allylic oxidation sites excluding steroid dienone is 1. The molecule has 80 valence electrons. The minimum Gasteiger partial charge on any atom is -0.342 e. The molecule has 1 aliphatic rings. The number of carbonyl (C=O) groups excluding carboxylic acids is 1. The number of alkyl halides is 2. The molecule has 0 spiro atoms. The molecule has 0 saturated carbocycles. The minimum atomic E-state index is -2.57. The van der Waals surface area contributed by atoms with Crippen LogP contribution in [0.15, 0.2) is 12.7 Å². The molecule has 1 heterocycles. The molecule has 4 heteroatoms. The Bertz CT molecular complexity index is 218. The number of hydrogen-bond donors (Lipinski definition) is 0. The molecule has 1 amide bonds. The zero-order valence-electron chi connectivity index (χ0n) is 8.14. The molecule has 0 N–H and O–H groups in total. The predicted molar refractivity (Wildman–Crippen MR) is 50.2 cm³/mol. The van der Waals surface area contributed by atoms with Crippen LogP contribution in [-0.4, -0.2) is 29.8 Å². The standard InChI is InChI=1S/C10H15F2NO/c1-2-3-4-9(14)13-7-5-10(11,12)6-8-13/h2H,1,3-8H2. The maximum Gasteiger partial charge on any atom is 0.251 e. The van der Waals surface area contributed by atoms with Gasteiger partial charge in [0, 0.05) is 32.4 Å². The van der Waals surface area contributed by atoms with Crippen molar-refractivity contribution >= 4 is 5.91 Å². The van der Waals surface area contributed by atoms with Gasteiger partial charge in [-0.15, -0.1) is 6.58 Å². The van der Waals surface area contributed by atoms with Crippen LogP contribution in [0.2, 0.25) is 0 Å².